The number of benzene rings is 1. The molecular weight excluding hydrogens is 472 g/mol. The van der Waals surface area contributed by atoms with E-state index in [0.717, 1.165) is 23.9 Å². The highest BCUT2D eigenvalue weighted by molar-refractivity contribution is 6.30. The van der Waals surface area contributed by atoms with Gasteiger partial charge in [0.15, 0.2) is 0 Å². The highest BCUT2D eigenvalue weighted by Crippen LogP contribution is 2.32. The molecule has 0 bridgehead atoms. The maximum absolute atomic E-state index is 14.9. The molecule has 0 atom stereocenters. The zero-order chi connectivity index (χ0) is 24.4. The van der Waals surface area contributed by atoms with Crippen LogP contribution in [0.4, 0.5) is 17.6 Å². The van der Waals surface area contributed by atoms with Crippen LogP contribution in [0, 0.1) is 19.7 Å². The summed E-state index contributed by atoms with van der Waals surface area (Å²) in [4.78, 5) is 24.2. The van der Waals surface area contributed by atoms with Gasteiger partial charge in [-0.25, -0.2) is 9.37 Å². The normalized spacial score (nSPS) is 12.1. The van der Waals surface area contributed by atoms with E-state index < -0.39 is 23.1 Å². The summed E-state index contributed by atoms with van der Waals surface area (Å²) in [7, 11) is 0. The highest BCUT2D eigenvalue weighted by atomic mass is 35.5. The van der Waals surface area contributed by atoms with Crippen LogP contribution in [-0.4, -0.2) is 19.5 Å². The van der Waals surface area contributed by atoms with Crippen LogP contribution in [0.25, 0.3) is 38.9 Å². The van der Waals surface area contributed by atoms with Crippen molar-refractivity contribution in [2.75, 3.05) is 0 Å². The second kappa shape index (κ2) is 7.66. The number of aromatic amines is 1. The summed E-state index contributed by atoms with van der Waals surface area (Å²) in [5.41, 5.74) is 1.08. The Hall–Kier alpha value is -3.72. The first-order valence-corrected chi connectivity index (χ1v) is 10.5. The van der Waals surface area contributed by atoms with Gasteiger partial charge in [0.05, 0.1) is 22.5 Å². The summed E-state index contributed by atoms with van der Waals surface area (Å²) in [6, 6.07) is 8.29. The van der Waals surface area contributed by atoms with Crippen molar-refractivity contribution < 1.29 is 17.6 Å². The average Bonchev–Trinajstić information content (AvgIpc) is 3.18. The monoisotopic (exact) mass is 486 g/mol. The Labute approximate surface area is 194 Å². The van der Waals surface area contributed by atoms with Gasteiger partial charge in [-0.2, -0.15) is 13.2 Å². The fourth-order valence-corrected chi connectivity index (χ4v) is 3.98. The van der Waals surface area contributed by atoms with Crippen LogP contribution in [0.2, 0.25) is 5.02 Å². The van der Waals surface area contributed by atoms with Gasteiger partial charge in [0.2, 0.25) is 5.43 Å². The first kappa shape index (κ1) is 22.1. The molecule has 0 spiro atoms. The van der Waals surface area contributed by atoms with Crippen molar-refractivity contribution in [3.8, 4) is 16.9 Å². The molecule has 0 aliphatic rings. The van der Waals surface area contributed by atoms with Crippen LogP contribution in [0.3, 0.4) is 0 Å². The van der Waals surface area contributed by atoms with Crippen molar-refractivity contribution in [1.82, 2.24) is 19.5 Å². The van der Waals surface area contributed by atoms with E-state index in [1.54, 1.807) is 13.0 Å². The van der Waals surface area contributed by atoms with Crippen molar-refractivity contribution in [2.24, 2.45) is 0 Å². The minimum absolute atomic E-state index is 0.0997. The number of aryl methyl sites for hydroxylation is 2. The van der Waals surface area contributed by atoms with Crippen LogP contribution < -0.4 is 5.43 Å². The maximum atomic E-state index is 14.9. The van der Waals surface area contributed by atoms with E-state index in [0.29, 0.717) is 16.6 Å². The number of aromatic nitrogens is 4. The van der Waals surface area contributed by atoms with E-state index in [2.05, 4.69) is 15.0 Å². The molecule has 4 aromatic heterocycles. The molecule has 0 radical (unpaired) electrons. The van der Waals surface area contributed by atoms with E-state index in [-0.39, 0.29) is 33.0 Å². The van der Waals surface area contributed by atoms with Gasteiger partial charge in [0.1, 0.15) is 17.0 Å². The third kappa shape index (κ3) is 3.62. The first-order valence-electron chi connectivity index (χ1n) is 10.1. The zero-order valence-corrected chi connectivity index (χ0v) is 18.5. The van der Waals surface area contributed by atoms with Crippen LogP contribution in [-0.2, 0) is 6.18 Å². The number of hydrogen-bond donors (Lipinski definition) is 1. The van der Waals surface area contributed by atoms with Crippen molar-refractivity contribution in [2.45, 2.75) is 20.0 Å². The van der Waals surface area contributed by atoms with Gasteiger partial charge >= 0.3 is 6.18 Å². The van der Waals surface area contributed by atoms with Crippen molar-refractivity contribution in [3.05, 3.63) is 86.8 Å². The van der Waals surface area contributed by atoms with Gasteiger partial charge in [-0.3, -0.25) is 9.78 Å². The molecule has 5 nitrogen and oxygen atoms in total. The Balaban J connectivity index is 1.82. The van der Waals surface area contributed by atoms with Gasteiger partial charge in [0.25, 0.3) is 0 Å². The fraction of sp³-hybridized carbons (Fsp3) is 0.125. The van der Waals surface area contributed by atoms with Crippen LogP contribution >= 0.6 is 11.6 Å². The molecule has 0 amide bonds. The van der Waals surface area contributed by atoms with Gasteiger partial charge < -0.3 is 9.55 Å². The minimum atomic E-state index is -4.61. The van der Waals surface area contributed by atoms with Crippen molar-refractivity contribution >= 4 is 33.5 Å². The second-order valence-electron chi connectivity index (χ2n) is 7.93. The van der Waals surface area contributed by atoms with Crippen LogP contribution in [0.1, 0.15) is 17.0 Å². The quantitative estimate of drug-likeness (QED) is 0.295. The Morgan fingerprint density at radius 1 is 1.09 bits per heavy atom. The predicted octanol–water partition coefficient (Wildman–Crippen LogP) is 6.36. The minimum Gasteiger partial charge on any atom is -0.354 e. The number of fused-ring (bicyclic) bond motifs is 2. The van der Waals surface area contributed by atoms with Crippen LogP contribution in [0.15, 0.2) is 53.6 Å². The van der Waals surface area contributed by atoms with Gasteiger partial charge in [-0.05, 0) is 55.8 Å². The number of nitrogens with zero attached hydrogens (tertiary/aromatic N) is 3. The molecule has 5 rings (SSSR count). The molecule has 0 aliphatic carbocycles. The smallest absolute Gasteiger partial charge is 0.354 e. The van der Waals surface area contributed by atoms with Gasteiger partial charge in [-0.1, -0.05) is 11.6 Å². The Bertz CT molecular complexity index is 1670. The summed E-state index contributed by atoms with van der Waals surface area (Å²) in [6.45, 7) is 3.58. The van der Waals surface area contributed by atoms with E-state index >= 15 is 0 Å². The first-order chi connectivity index (χ1) is 16.0. The topological polar surface area (TPSA) is 63.6 Å². The lowest BCUT2D eigenvalue weighted by Gasteiger charge is -2.15. The zero-order valence-electron chi connectivity index (χ0n) is 17.8. The van der Waals surface area contributed by atoms with Gasteiger partial charge in [0, 0.05) is 34.0 Å². The lowest BCUT2D eigenvalue weighted by atomic mass is 10.1. The fourth-order valence-electron chi connectivity index (χ4n) is 3.82. The Kier molecular flexibility index (Phi) is 4.98. The molecule has 0 saturated carbocycles. The molecule has 0 fully saturated rings. The molecular formula is C24H15ClF4N4O. The SMILES string of the molecule is Cc1cc2c(nc1C)c(=O)c(-c1cc3cnc(C(F)(F)F)cc3[nH]1)cn2-c1ccc(Cl)cc1F. The van der Waals surface area contributed by atoms with E-state index in [4.69, 9.17) is 11.6 Å². The number of hydrogen-bond acceptors (Lipinski definition) is 3. The third-order valence-electron chi connectivity index (χ3n) is 5.68. The largest absolute Gasteiger partial charge is 0.433 e. The van der Waals surface area contributed by atoms with Gasteiger partial charge in [-0.15, -0.1) is 0 Å². The highest BCUT2D eigenvalue weighted by Gasteiger charge is 2.32. The molecule has 5 aromatic rings. The van der Waals surface area contributed by atoms with Crippen molar-refractivity contribution in [3.63, 3.8) is 0 Å². The summed E-state index contributed by atoms with van der Waals surface area (Å²) in [6.07, 6.45) is -2.08. The standard InChI is InChI=1S/C24H15ClF4N4O/c1-11-5-20-22(31-12(11)2)23(34)15(10-33(20)19-4-3-14(25)7-16(19)26)18-6-13-9-30-21(24(27,28)29)8-17(13)32-18/h3-10,32H,1-2H3. The second-order valence-corrected chi connectivity index (χ2v) is 8.37. The molecule has 4 heterocycles. The molecule has 0 aliphatic heterocycles. The Morgan fingerprint density at radius 3 is 2.56 bits per heavy atom. The van der Waals surface area contributed by atoms with Crippen molar-refractivity contribution in [1.29, 1.82) is 0 Å². The molecule has 10 heteroatoms. The summed E-state index contributed by atoms with van der Waals surface area (Å²) < 4.78 is 55.6. The number of H-pyrrole nitrogens is 1. The van der Waals surface area contributed by atoms with E-state index in [1.165, 1.54) is 29.0 Å². The number of pyridine rings is 3. The number of halogens is 5. The third-order valence-corrected chi connectivity index (χ3v) is 5.91. The number of nitrogens with one attached hydrogen (secondary N) is 1. The molecule has 172 valence electrons. The summed E-state index contributed by atoms with van der Waals surface area (Å²) >= 11 is 5.91. The molecule has 34 heavy (non-hydrogen) atoms. The summed E-state index contributed by atoms with van der Waals surface area (Å²) in [5, 5.41) is 0.598. The maximum Gasteiger partial charge on any atom is 0.433 e. The van der Waals surface area contributed by atoms with Crippen LogP contribution in [0.5, 0.6) is 0 Å². The molecule has 0 unspecified atom stereocenters. The molecule has 1 N–H and O–H groups in total. The lowest BCUT2D eigenvalue weighted by Crippen LogP contribution is -2.14. The van der Waals surface area contributed by atoms with E-state index in [9.17, 15) is 22.4 Å². The molecule has 0 saturated heterocycles. The molecule has 1 aromatic carbocycles. The number of rotatable bonds is 2. The Morgan fingerprint density at radius 2 is 1.85 bits per heavy atom. The number of alkyl halides is 3. The predicted molar refractivity (Wildman–Crippen MR) is 122 cm³/mol. The summed E-state index contributed by atoms with van der Waals surface area (Å²) in [5.74, 6) is -0.614. The average molecular weight is 487 g/mol. The van der Waals surface area contributed by atoms with E-state index in [1.807, 2.05) is 6.92 Å². The lowest BCUT2D eigenvalue weighted by molar-refractivity contribution is -0.141.